The summed E-state index contributed by atoms with van der Waals surface area (Å²) in [6.07, 6.45) is 0.801. The number of nitrogens with zero attached hydrogens (tertiary/aromatic N) is 2. The Bertz CT molecular complexity index is 1120. The molecule has 0 fully saturated rings. The zero-order valence-electron chi connectivity index (χ0n) is 16.3. The van der Waals surface area contributed by atoms with E-state index in [2.05, 4.69) is 16.4 Å². The molecule has 148 valence electrons. The van der Waals surface area contributed by atoms with Crippen molar-refractivity contribution < 1.29 is 14.0 Å². The van der Waals surface area contributed by atoms with Gasteiger partial charge in [-0.1, -0.05) is 12.1 Å². The second-order valence-electron chi connectivity index (χ2n) is 7.17. The maximum absolute atomic E-state index is 13.4. The second-order valence-corrected chi connectivity index (χ2v) is 8.38. The Balaban J connectivity index is 1.60. The van der Waals surface area contributed by atoms with Gasteiger partial charge in [0.05, 0.1) is 5.69 Å². The molecular weight excluding hydrogens is 389 g/mol. The van der Waals surface area contributed by atoms with Crippen LogP contribution in [0.15, 0.2) is 42.5 Å². The quantitative estimate of drug-likeness (QED) is 0.675. The number of carbonyl (C=O) groups excluding carboxylic acids is 2. The summed E-state index contributed by atoms with van der Waals surface area (Å²) in [6, 6.07) is 11.7. The van der Waals surface area contributed by atoms with Crippen LogP contribution in [0.25, 0.3) is 11.3 Å². The van der Waals surface area contributed by atoms with Gasteiger partial charge < -0.3 is 4.90 Å². The van der Waals surface area contributed by atoms with Gasteiger partial charge >= 0.3 is 0 Å². The Morgan fingerprint density at radius 2 is 2.03 bits per heavy atom. The molecule has 1 aliphatic heterocycles. The zero-order valence-corrected chi connectivity index (χ0v) is 17.1. The average Bonchev–Trinajstić information content (AvgIpc) is 3.19. The highest BCUT2D eigenvalue weighted by atomic mass is 32.1. The second kappa shape index (κ2) is 7.40. The molecule has 2 amide bonds. The van der Waals surface area contributed by atoms with Crippen molar-refractivity contribution >= 4 is 34.0 Å². The van der Waals surface area contributed by atoms with E-state index >= 15 is 0 Å². The van der Waals surface area contributed by atoms with E-state index in [9.17, 15) is 14.0 Å². The largest absolute Gasteiger partial charge is 0.309 e. The van der Waals surface area contributed by atoms with Crippen LogP contribution in [0, 0.1) is 12.7 Å². The van der Waals surface area contributed by atoms with Gasteiger partial charge in [0, 0.05) is 34.7 Å². The van der Waals surface area contributed by atoms with Gasteiger partial charge in [-0.05, 0) is 56.2 Å². The number of hydrogen-bond acceptors (Lipinski definition) is 4. The van der Waals surface area contributed by atoms with Crippen molar-refractivity contribution in [3.8, 4) is 11.3 Å². The van der Waals surface area contributed by atoms with Gasteiger partial charge in [-0.25, -0.2) is 9.37 Å². The summed E-state index contributed by atoms with van der Waals surface area (Å²) in [5, 5.41) is 3.21. The molecule has 1 aliphatic rings. The molecule has 29 heavy (non-hydrogen) atoms. The SMILES string of the molecule is CC(=O)N1c2ccc(-c3nc(NC(=O)c4cccc(F)c4)sc3C)cc2C[C@H]1C. The number of carbonyl (C=O) groups is 2. The summed E-state index contributed by atoms with van der Waals surface area (Å²) in [7, 11) is 0. The summed E-state index contributed by atoms with van der Waals surface area (Å²) in [5.74, 6) is -0.818. The molecule has 0 unspecified atom stereocenters. The highest BCUT2D eigenvalue weighted by Gasteiger charge is 2.29. The minimum Gasteiger partial charge on any atom is -0.309 e. The molecule has 2 heterocycles. The van der Waals surface area contributed by atoms with Crippen LogP contribution in [-0.4, -0.2) is 22.8 Å². The Labute approximate surface area is 172 Å². The average molecular weight is 409 g/mol. The van der Waals surface area contributed by atoms with Crippen LogP contribution >= 0.6 is 11.3 Å². The monoisotopic (exact) mass is 409 g/mol. The summed E-state index contributed by atoms with van der Waals surface area (Å²) >= 11 is 1.37. The van der Waals surface area contributed by atoms with Crippen molar-refractivity contribution in [2.75, 3.05) is 10.2 Å². The number of hydrogen-bond donors (Lipinski definition) is 1. The molecule has 1 atom stereocenters. The van der Waals surface area contributed by atoms with Crippen LogP contribution in [0.4, 0.5) is 15.2 Å². The number of halogens is 1. The van der Waals surface area contributed by atoms with Gasteiger partial charge in [-0.3, -0.25) is 14.9 Å². The predicted octanol–water partition coefficient (Wildman–Crippen LogP) is 4.81. The van der Waals surface area contributed by atoms with Crippen molar-refractivity contribution in [1.29, 1.82) is 0 Å². The third kappa shape index (κ3) is 3.65. The van der Waals surface area contributed by atoms with Crippen molar-refractivity contribution in [1.82, 2.24) is 4.98 Å². The fourth-order valence-electron chi connectivity index (χ4n) is 3.78. The summed E-state index contributed by atoms with van der Waals surface area (Å²) < 4.78 is 13.4. The molecule has 4 rings (SSSR count). The topological polar surface area (TPSA) is 62.3 Å². The van der Waals surface area contributed by atoms with Crippen LogP contribution in [0.2, 0.25) is 0 Å². The number of aryl methyl sites for hydroxylation is 1. The van der Waals surface area contributed by atoms with E-state index in [0.717, 1.165) is 33.8 Å². The lowest BCUT2D eigenvalue weighted by Crippen LogP contribution is -2.33. The van der Waals surface area contributed by atoms with E-state index in [0.29, 0.717) is 5.13 Å². The Morgan fingerprint density at radius 1 is 1.24 bits per heavy atom. The van der Waals surface area contributed by atoms with E-state index in [4.69, 9.17) is 0 Å². The summed E-state index contributed by atoms with van der Waals surface area (Å²) in [6.45, 7) is 5.56. The van der Waals surface area contributed by atoms with Crippen molar-refractivity contribution in [2.24, 2.45) is 0 Å². The van der Waals surface area contributed by atoms with E-state index in [1.165, 1.54) is 29.5 Å². The van der Waals surface area contributed by atoms with Gasteiger partial charge in [0.2, 0.25) is 5.91 Å². The number of rotatable bonds is 3. The highest BCUT2D eigenvalue weighted by molar-refractivity contribution is 7.16. The number of nitrogens with one attached hydrogen (secondary N) is 1. The van der Waals surface area contributed by atoms with Gasteiger partial charge in [0.1, 0.15) is 5.82 Å². The first-order valence-electron chi connectivity index (χ1n) is 9.31. The molecule has 2 aromatic carbocycles. The minimum atomic E-state index is -0.458. The lowest BCUT2D eigenvalue weighted by atomic mass is 10.0. The lowest BCUT2D eigenvalue weighted by molar-refractivity contribution is -0.116. The van der Waals surface area contributed by atoms with Gasteiger partial charge in [0.15, 0.2) is 5.13 Å². The van der Waals surface area contributed by atoms with Crippen LogP contribution < -0.4 is 10.2 Å². The lowest BCUT2D eigenvalue weighted by Gasteiger charge is -2.20. The fraction of sp³-hybridized carbons (Fsp3) is 0.227. The van der Waals surface area contributed by atoms with E-state index < -0.39 is 11.7 Å². The third-order valence-corrected chi connectivity index (χ3v) is 5.90. The first kappa shape index (κ1) is 19.3. The molecular formula is C22H20FN3O2S. The minimum absolute atomic E-state index is 0.0381. The first-order chi connectivity index (χ1) is 13.8. The maximum Gasteiger partial charge on any atom is 0.257 e. The zero-order chi connectivity index (χ0) is 20.7. The number of aromatic nitrogens is 1. The molecule has 0 aliphatic carbocycles. The Morgan fingerprint density at radius 3 is 2.76 bits per heavy atom. The molecule has 1 aromatic heterocycles. The number of fused-ring (bicyclic) bond motifs is 1. The number of benzene rings is 2. The van der Waals surface area contributed by atoms with Crippen molar-refractivity contribution in [3.63, 3.8) is 0 Å². The van der Waals surface area contributed by atoms with E-state index in [1.54, 1.807) is 13.0 Å². The number of anilines is 2. The molecule has 7 heteroatoms. The van der Waals surface area contributed by atoms with E-state index in [-0.39, 0.29) is 17.5 Å². The molecule has 0 radical (unpaired) electrons. The Kier molecular flexibility index (Phi) is 4.92. The van der Waals surface area contributed by atoms with Crippen molar-refractivity contribution in [2.45, 2.75) is 33.2 Å². The number of thiazole rings is 1. The predicted molar refractivity (Wildman–Crippen MR) is 113 cm³/mol. The van der Waals surface area contributed by atoms with Crippen LogP contribution in [0.3, 0.4) is 0 Å². The van der Waals surface area contributed by atoms with Gasteiger partial charge in [0.25, 0.3) is 5.91 Å². The maximum atomic E-state index is 13.4. The normalized spacial score (nSPS) is 15.3. The standard InChI is InChI=1S/C22H20FN3O2S/c1-12-9-17-10-15(7-8-19(17)26(12)14(3)27)20-13(2)29-22(24-20)25-21(28)16-5-4-6-18(23)11-16/h4-8,10-12H,9H2,1-3H3,(H,24,25,28)/t12-/m1/s1. The summed E-state index contributed by atoms with van der Waals surface area (Å²) in [5.41, 5.74) is 4.04. The molecule has 0 saturated heterocycles. The molecule has 1 N–H and O–H groups in total. The number of amides is 2. The van der Waals surface area contributed by atoms with E-state index in [1.807, 2.05) is 30.9 Å². The molecule has 0 bridgehead atoms. The molecule has 0 saturated carbocycles. The Hall–Kier alpha value is -3.06. The van der Waals surface area contributed by atoms with Gasteiger partial charge in [-0.2, -0.15) is 0 Å². The molecule has 5 nitrogen and oxygen atoms in total. The van der Waals surface area contributed by atoms with Crippen LogP contribution in [-0.2, 0) is 11.2 Å². The fourth-order valence-corrected chi connectivity index (χ4v) is 4.61. The highest BCUT2D eigenvalue weighted by Crippen LogP contribution is 2.37. The van der Waals surface area contributed by atoms with Gasteiger partial charge in [-0.15, -0.1) is 11.3 Å². The smallest absolute Gasteiger partial charge is 0.257 e. The molecule has 0 spiro atoms. The van der Waals surface area contributed by atoms with Crippen LogP contribution in [0.5, 0.6) is 0 Å². The van der Waals surface area contributed by atoms with Crippen molar-refractivity contribution in [3.05, 3.63) is 64.3 Å². The molecule has 3 aromatic rings. The summed E-state index contributed by atoms with van der Waals surface area (Å²) in [4.78, 5) is 31.7. The van der Waals surface area contributed by atoms with Crippen LogP contribution in [0.1, 0.15) is 34.6 Å². The first-order valence-corrected chi connectivity index (χ1v) is 10.1. The third-order valence-electron chi connectivity index (χ3n) is 5.01.